The molecular formula is C22H18O5. The number of ketones is 1. The van der Waals surface area contributed by atoms with Gasteiger partial charge >= 0.3 is 0 Å². The molecule has 0 fully saturated rings. The van der Waals surface area contributed by atoms with Crippen molar-refractivity contribution in [3.05, 3.63) is 89.5 Å². The van der Waals surface area contributed by atoms with Crippen molar-refractivity contribution < 1.29 is 23.2 Å². The van der Waals surface area contributed by atoms with Gasteiger partial charge in [0.15, 0.2) is 5.76 Å². The first-order valence-electron chi connectivity index (χ1n) is 8.57. The summed E-state index contributed by atoms with van der Waals surface area (Å²) in [5, 5.41) is 9.42. The molecule has 5 heteroatoms. The van der Waals surface area contributed by atoms with Crippen LogP contribution in [-0.4, -0.2) is 10.9 Å². The smallest absolute Gasteiger partial charge is 0.216 e. The van der Waals surface area contributed by atoms with Gasteiger partial charge in [0.1, 0.15) is 40.5 Å². The summed E-state index contributed by atoms with van der Waals surface area (Å²) in [6.45, 7) is 3.66. The summed E-state index contributed by atoms with van der Waals surface area (Å²) in [4.78, 5) is 13.2. The number of phenols is 1. The van der Waals surface area contributed by atoms with Crippen LogP contribution < -0.4 is 0 Å². The average Bonchev–Trinajstić information content (AvgIpc) is 3.38. The topological polar surface area (TPSA) is 76.7 Å². The summed E-state index contributed by atoms with van der Waals surface area (Å²) in [6, 6.07) is 17.2. The Morgan fingerprint density at radius 2 is 1.37 bits per heavy atom. The summed E-state index contributed by atoms with van der Waals surface area (Å²) >= 11 is 0. The van der Waals surface area contributed by atoms with Gasteiger partial charge in [-0.15, -0.1) is 0 Å². The number of furan rings is 3. The van der Waals surface area contributed by atoms with E-state index < -0.39 is 5.92 Å². The van der Waals surface area contributed by atoms with Gasteiger partial charge in [0, 0.05) is 5.56 Å². The normalized spacial score (nSPS) is 11.2. The summed E-state index contributed by atoms with van der Waals surface area (Å²) in [5.41, 5.74) is 0.770. The molecule has 3 aromatic heterocycles. The lowest BCUT2D eigenvalue weighted by Gasteiger charge is -2.09. The highest BCUT2D eigenvalue weighted by Gasteiger charge is 2.31. The number of carbonyl (C=O) groups excluding carboxylic acids is 1. The van der Waals surface area contributed by atoms with Gasteiger partial charge in [-0.1, -0.05) is 0 Å². The van der Waals surface area contributed by atoms with Gasteiger partial charge in [-0.2, -0.15) is 0 Å². The Morgan fingerprint density at radius 3 is 1.89 bits per heavy atom. The quantitative estimate of drug-likeness (QED) is 0.476. The SMILES string of the molecule is Cc1ccc(C(C(=O)c2ccc(-c3ccc(O)cc3)o2)c2ccc(C)o2)o1. The molecule has 0 radical (unpaired) electrons. The minimum Gasteiger partial charge on any atom is -0.508 e. The molecule has 3 heterocycles. The zero-order chi connectivity index (χ0) is 19.0. The molecule has 27 heavy (non-hydrogen) atoms. The van der Waals surface area contributed by atoms with Crippen LogP contribution >= 0.6 is 0 Å². The highest BCUT2D eigenvalue weighted by atomic mass is 16.4. The van der Waals surface area contributed by atoms with Crippen molar-refractivity contribution in [2.45, 2.75) is 19.8 Å². The predicted molar refractivity (Wildman–Crippen MR) is 98.9 cm³/mol. The molecule has 1 N–H and O–H groups in total. The molecule has 136 valence electrons. The van der Waals surface area contributed by atoms with Crippen molar-refractivity contribution in [3.63, 3.8) is 0 Å². The van der Waals surface area contributed by atoms with E-state index >= 15 is 0 Å². The standard InChI is InChI=1S/C22H18O5/c1-13-3-9-18(25-13)21(19-10-4-14(2)26-19)22(24)20-12-11-17(27-20)15-5-7-16(23)8-6-15/h3-12,21,23H,1-2H3. The first-order valence-corrected chi connectivity index (χ1v) is 8.57. The number of carbonyl (C=O) groups is 1. The molecule has 0 saturated heterocycles. The highest BCUT2D eigenvalue weighted by molar-refractivity contribution is 6.00. The van der Waals surface area contributed by atoms with E-state index in [1.54, 1.807) is 48.5 Å². The van der Waals surface area contributed by atoms with Gasteiger partial charge in [-0.05, 0) is 74.5 Å². The van der Waals surface area contributed by atoms with E-state index in [1.165, 1.54) is 0 Å². The third-order valence-electron chi connectivity index (χ3n) is 4.35. The molecule has 0 bridgehead atoms. The maximum Gasteiger partial charge on any atom is 0.216 e. The Bertz CT molecular complexity index is 1040. The monoisotopic (exact) mass is 362 g/mol. The van der Waals surface area contributed by atoms with Crippen LogP contribution in [0.5, 0.6) is 5.75 Å². The molecule has 4 rings (SSSR count). The van der Waals surface area contributed by atoms with E-state index in [0.29, 0.717) is 17.3 Å². The molecule has 0 spiro atoms. The number of phenolic OH excluding ortho intramolecular Hbond substituents is 1. The van der Waals surface area contributed by atoms with Crippen LogP contribution in [0.4, 0.5) is 0 Å². The van der Waals surface area contributed by atoms with E-state index in [2.05, 4.69) is 0 Å². The summed E-state index contributed by atoms with van der Waals surface area (Å²) in [5.74, 6) is 2.42. The van der Waals surface area contributed by atoms with Crippen molar-refractivity contribution in [1.29, 1.82) is 0 Å². The lowest BCUT2D eigenvalue weighted by atomic mass is 9.96. The number of benzene rings is 1. The molecular weight excluding hydrogens is 344 g/mol. The second-order valence-corrected chi connectivity index (χ2v) is 6.40. The Hall–Kier alpha value is -3.47. The largest absolute Gasteiger partial charge is 0.508 e. The van der Waals surface area contributed by atoms with Gasteiger partial charge in [0.2, 0.25) is 5.78 Å². The van der Waals surface area contributed by atoms with Crippen LogP contribution in [0, 0.1) is 13.8 Å². The minimum atomic E-state index is -0.716. The zero-order valence-electron chi connectivity index (χ0n) is 14.9. The van der Waals surface area contributed by atoms with E-state index in [0.717, 1.165) is 17.1 Å². The minimum absolute atomic E-state index is 0.169. The summed E-state index contributed by atoms with van der Waals surface area (Å²) in [6.07, 6.45) is 0. The van der Waals surface area contributed by atoms with Crippen LogP contribution in [0.3, 0.4) is 0 Å². The predicted octanol–water partition coefficient (Wildman–Crippen LogP) is 5.47. The van der Waals surface area contributed by atoms with Gasteiger partial charge in [-0.25, -0.2) is 0 Å². The third kappa shape index (κ3) is 3.31. The zero-order valence-corrected chi connectivity index (χ0v) is 14.9. The number of hydrogen-bond donors (Lipinski definition) is 1. The van der Waals surface area contributed by atoms with Gasteiger partial charge < -0.3 is 18.4 Å². The molecule has 0 unspecified atom stereocenters. The van der Waals surface area contributed by atoms with Crippen LogP contribution in [-0.2, 0) is 0 Å². The fraction of sp³-hybridized carbons (Fsp3) is 0.136. The summed E-state index contributed by atoms with van der Waals surface area (Å²) in [7, 11) is 0. The van der Waals surface area contributed by atoms with Crippen molar-refractivity contribution in [1.82, 2.24) is 0 Å². The average molecular weight is 362 g/mol. The number of aryl methyl sites for hydroxylation is 2. The molecule has 5 nitrogen and oxygen atoms in total. The van der Waals surface area contributed by atoms with Crippen LogP contribution in [0.2, 0.25) is 0 Å². The molecule has 0 aliphatic carbocycles. The maximum atomic E-state index is 13.2. The Labute approximate surface area is 155 Å². The second kappa shape index (κ2) is 6.68. The Balaban J connectivity index is 1.71. The molecule has 0 aliphatic rings. The van der Waals surface area contributed by atoms with Gasteiger partial charge in [0.25, 0.3) is 0 Å². The molecule has 0 amide bonds. The van der Waals surface area contributed by atoms with Crippen LogP contribution in [0.15, 0.2) is 73.9 Å². The van der Waals surface area contributed by atoms with E-state index in [-0.39, 0.29) is 17.3 Å². The molecule has 1 aromatic carbocycles. The number of aromatic hydroxyl groups is 1. The third-order valence-corrected chi connectivity index (χ3v) is 4.35. The second-order valence-electron chi connectivity index (χ2n) is 6.40. The van der Waals surface area contributed by atoms with Crippen LogP contribution in [0.1, 0.15) is 39.5 Å². The highest BCUT2D eigenvalue weighted by Crippen LogP contribution is 2.33. The summed E-state index contributed by atoms with van der Waals surface area (Å²) < 4.78 is 17.2. The van der Waals surface area contributed by atoms with Crippen molar-refractivity contribution in [2.24, 2.45) is 0 Å². The molecule has 4 aromatic rings. The van der Waals surface area contributed by atoms with Crippen LogP contribution in [0.25, 0.3) is 11.3 Å². The molecule has 0 aliphatic heterocycles. The maximum absolute atomic E-state index is 13.2. The van der Waals surface area contributed by atoms with E-state index in [4.69, 9.17) is 13.3 Å². The fourth-order valence-electron chi connectivity index (χ4n) is 3.01. The molecule has 0 saturated carbocycles. The fourth-order valence-corrected chi connectivity index (χ4v) is 3.01. The van der Waals surface area contributed by atoms with Crippen molar-refractivity contribution >= 4 is 5.78 Å². The Kier molecular flexibility index (Phi) is 4.20. The van der Waals surface area contributed by atoms with E-state index in [9.17, 15) is 9.90 Å². The van der Waals surface area contributed by atoms with E-state index in [1.807, 2.05) is 26.0 Å². The van der Waals surface area contributed by atoms with Crippen molar-refractivity contribution in [2.75, 3.05) is 0 Å². The van der Waals surface area contributed by atoms with Gasteiger partial charge in [-0.3, -0.25) is 4.79 Å². The molecule has 0 atom stereocenters. The lowest BCUT2D eigenvalue weighted by molar-refractivity contribution is 0.0930. The number of Topliss-reactive ketones (excluding diaryl/α,β-unsaturated/α-hetero) is 1. The number of rotatable bonds is 5. The number of hydrogen-bond acceptors (Lipinski definition) is 5. The first-order chi connectivity index (χ1) is 13.0. The van der Waals surface area contributed by atoms with Crippen molar-refractivity contribution in [3.8, 4) is 17.1 Å². The first kappa shape index (κ1) is 17.0. The Morgan fingerprint density at radius 1 is 0.778 bits per heavy atom. The van der Waals surface area contributed by atoms with Gasteiger partial charge in [0.05, 0.1) is 0 Å². The lowest BCUT2D eigenvalue weighted by Crippen LogP contribution is -2.12.